The second-order valence-corrected chi connectivity index (χ2v) is 12.7. The van der Waals surface area contributed by atoms with Crippen molar-refractivity contribution in [3.05, 3.63) is 90.0 Å². The summed E-state index contributed by atoms with van der Waals surface area (Å²) >= 11 is 0. The van der Waals surface area contributed by atoms with Crippen LogP contribution in [0.5, 0.6) is 0 Å². The van der Waals surface area contributed by atoms with Gasteiger partial charge in [-0.15, -0.1) is 0 Å². The maximum absolute atomic E-state index is 12.9. The monoisotopic (exact) mass is 558 g/mol. The molecule has 0 saturated heterocycles. The Morgan fingerprint density at radius 3 is 2.03 bits per heavy atom. The van der Waals surface area contributed by atoms with Crippen LogP contribution in [0.2, 0.25) is 0 Å². The number of carbonyl (C=O) groups is 2. The predicted molar refractivity (Wildman–Crippen MR) is 147 cm³/mol. The van der Waals surface area contributed by atoms with Crippen LogP contribution < -0.4 is 14.9 Å². The Labute approximate surface area is 223 Å². The standard InChI is InChI=1S/C26H30N4O6S2/c1-29(2)38(35,36)22-15-13-21(14-16-22)30(37(3,33)34)19-25(31)28-24-12-8-7-11-23(24)26(32)27-18-17-20-9-5-4-6-10-20/h4-16H,17-19H2,1-3H3,(H,27,32)(H,28,31). The molecule has 0 aliphatic carbocycles. The van der Waals surface area contributed by atoms with Crippen molar-refractivity contribution in [2.75, 3.05) is 43.1 Å². The Morgan fingerprint density at radius 2 is 1.42 bits per heavy atom. The first-order valence-electron chi connectivity index (χ1n) is 11.6. The average Bonchev–Trinajstić information content (AvgIpc) is 2.87. The Balaban J connectivity index is 1.72. The zero-order valence-corrected chi connectivity index (χ0v) is 22.9. The molecule has 0 heterocycles. The number of amides is 2. The number of carbonyl (C=O) groups excluding carboxylic acids is 2. The fourth-order valence-electron chi connectivity index (χ4n) is 3.57. The molecule has 0 aromatic heterocycles. The number of rotatable bonds is 11. The van der Waals surface area contributed by atoms with Gasteiger partial charge in [0.25, 0.3) is 5.91 Å². The molecule has 0 unspecified atom stereocenters. The molecular weight excluding hydrogens is 528 g/mol. The molecule has 2 N–H and O–H groups in total. The summed E-state index contributed by atoms with van der Waals surface area (Å²) in [4.78, 5) is 25.6. The van der Waals surface area contributed by atoms with Crippen LogP contribution >= 0.6 is 0 Å². The Morgan fingerprint density at radius 1 is 0.816 bits per heavy atom. The molecule has 12 heteroatoms. The summed E-state index contributed by atoms with van der Waals surface area (Å²) in [6.07, 6.45) is 1.58. The zero-order chi connectivity index (χ0) is 27.9. The molecule has 2 amide bonds. The lowest BCUT2D eigenvalue weighted by Gasteiger charge is -2.22. The van der Waals surface area contributed by atoms with Crippen LogP contribution in [0.4, 0.5) is 11.4 Å². The molecule has 0 atom stereocenters. The van der Waals surface area contributed by atoms with E-state index in [4.69, 9.17) is 0 Å². The Hall–Kier alpha value is -3.74. The van der Waals surface area contributed by atoms with Gasteiger partial charge < -0.3 is 10.6 Å². The number of anilines is 2. The van der Waals surface area contributed by atoms with Crippen LogP contribution in [0.3, 0.4) is 0 Å². The summed E-state index contributed by atoms with van der Waals surface area (Å²) in [5.41, 5.74) is 1.66. The second-order valence-electron chi connectivity index (χ2n) is 8.64. The highest BCUT2D eigenvalue weighted by atomic mass is 32.2. The third kappa shape index (κ3) is 7.40. The minimum Gasteiger partial charge on any atom is -0.352 e. The molecule has 3 aromatic carbocycles. The summed E-state index contributed by atoms with van der Waals surface area (Å²) in [6.45, 7) is -0.185. The van der Waals surface area contributed by atoms with E-state index in [-0.39, 0.29) is 27.7 Å². The van der Waals surface area contributed by atoms with E-state index < -0.39 is 32.5 Å². The lowest BCUT2D eigenvalue weighted by Crippen LogP contribution is -2.38. The molecule has 3 rings (SSSR count). The fourth-order valence-corrected chi connectivity index (χ4v) is 5.32. The van der Waals surface area contributed by atoms with E-state index in [9.17, 15) is 26.4 Å². The maximum Gasteiger partial charge on any atom is 0.253 e. The summed E-state index contributed by atoms with van der Waals surface area (Å²) in [7, 11) is -4.83. The molecular formula is C26H30N4O6S2. The highest BCUT2D eigenvalue weighted by molar-refractivity contribution is 7.92. The molecule has 202 valence electrons. The van der Waals surface area contributed by atoms with E-state index in [1.807, 2.05) is 30.3 Å². The molecule has 0 saturated carbocycles. The van der Waals surface area contributed by atoms with Crippen LogP contribution in [0.15, 0.2) is 83.8 Å². The first kappa shape index (κ1) is 28.8. The van der Waals surface area contributed by atoms with E-state index in [0.717, 1.165) is 20.4 Å². The van der Waals surface area contributed by atoms with Crippen molar-refractivity contribution in [1.82, 2.24) is 9.62 Å². The van der Waals surface area contributed by atoms with Crippen molar-refractivity contribution in [3.8, 4) is 0 Å². The fraction of sp³-hybridized carbons (Fsp3) is 0.231. The average molecular weight is 559 g/mol. The molecule has 0 spiro atoms. The van der Waals surface area contributed by atoms with Gasteiger partial charge in [0.1, 0.15) is 6.54 Å². The molecule has 0 aliphatic heterocycles. The van der Waals surface area contributed by atoms with Gasteiger partial charge in [-0.3, -0.25) is 13.9 Å². The van der Waals surface area contributed by atoms with E-state index in [1.54, 1.807) is 24.3 Å². The van der Waals surface area contributed by atoms with Gasteiger partial charge in [-0.05, 0) is 48.4 Å². The van der Waals surface area contributed by atoms with Gasteiger partial charge in [-0.2, -0.15) is 0 Å². The van der Waals surface area contributed by atoms with Crippen molar-refractivity contribution in [2.24, 2.45) is 0 Å². The number of sulfonamides is 2. The molecule has 0 fully saturated rings. The smallest absolute Gasteiger partial charge is 0.253 e. The first-order valence-corrected chi connectivity index (χ1v) is 14.9. The van der Waals surface area contributed by atoms with Gasteiger partial charge in [0, 0.05) is 20.6 Å². The summed E-state index contributed by atoms with van der Waals surface area (Å²) in [5, 5.41) is 5.44. The van der Waals surface area contributed by atoms with Gasteiger partial charge in [0.2, 0.25) is 26.0 Å². The van der Waals surface area contributed by atoms with Crippen LogP contribution in [0.25, 0.3) is 0 Å². The maximum atomic E-state index is 12.9. The summed E-state index contributed by atoms with van der Waals surface area (Å²) < 4.78 is 51.5. The minimum atomic E-state index is -3.90. The van der Waals surface area contributed by atoms with E-state index in [2.05, 4.69) is 10.6 Å². The van der Waals surface area contributed by atoms with Crippen molar-refractivity contribution in [2.45, 2.75) is 11.3 Å². The van der Waals surface area contributed by atoms with Gasteiger partial charge in [-0.1, -0.05) is 42.5 Å². The third-order valence-electron chi connectivity index (χ3n) is 5.58. The van der Waals surface area contributed by atoms with Gasteiger partial charge >= 0.3 is 0 Å². The number of para-hydroxylation sites is 1. The van der Waals surface area contributed by atoms with E-state index >= 15 is 0 Å². The van der Waals surface area contributed by atoms with Gasteiger partial charge in [0.15, 0.2) is 0 Å². The van der Waals surface area contributed by atoms with Crippen molar-refractivity contribution < 1.29 is 26.4 Å². The summed E-state index contributed by atoms with van der Waals surface area (Å²) in [6, 6.07) is 21.3. The van der Waals surface area contributed by atoms with Gasteiger partial charge in [0.05, 0.1) is 28.1 Å². The highest BCUT2D eigenvalue weighted by Gasteiger charge is 2.23. The SMILES string of the molecule is CN(C)S(=O)(=O)c1ccc(N(CC(=O)Nc2ccccc2C(=O)NCCc2ccccc2)S(C)(=O)=O)cc1. The third-order valence-corrected chi connectivity index (χ3v) is 8.55. The normalized spacial score (nSPS) is 11.7. The van der Waals surface area contributed by atoms with Crippen LogP contribution in [-0.2, 0) is 31.3 Å². The highest BCUT2D eigenvalue weighted by Crippen LogP contribution is 2.22. The topological polar surface area (TPSA) is 133 Å². The lowest BCUT2D eigenvalue weighted by molar-refractivity contribution is -0.114. The Bertz CT molecular complexity index is 1490. The summed E-state index contributed by atoms with van der Waals surface area (Å²) in [5.74, 6) is -1.06. The molecule has 38 heavy (non-hydrogen) atoms. The first-order chi connectivity index (χ1) is 17.9. The van der Waals surface area contributed by atoms with Crippen molar-refractivity contribution in [1.29, 1.82) is 0 Å². The predicted octanol–water partition coefficient (Wildman–Crippen LogP) is 2.31. The number of hydrogen-bond donors (Lipinski definition) is 2. The van der Waals surface area contributed by atoms with Crippen LogP contribution in [0.1, 0.15) is 15.9 Å². The number of benzene rings is 3. The quantitative estimate of drug-likeness (QED) is 0.371. The van der Waals surface area contributed by atoms with E-state index in [0.29, 0.717) is 13.0 Å². The minimum absolute atomic E-state index is 0.0173. The number of nitrogens with one attached hydrogen (secondary N) is 2. The van der Waals surface area contributed by atoms with Crippen molar-refractivity contribution in [3.63, 3.8) is 0 Å². The largest absolute Gasteiger partial charge is 0.352 e. The number of nitrogens with zero attached hydrogens (tertiary/aromatic N) is 2. The Kier molecular flexibility index (Phi) is 9.26. The van der Waals surface area contributed by atoms with Crippen LogP contribution in [0, 0.1) is 0 Å². The molecule has 0 aliphatic rings. The number of hydrogen-bond acceptors (Lipinski definition) is 6. The second kappa shape index (κ2) is 12.2. The molecule has 3 aromatic rings. The van der Waals surface area contributed by atoms with Crippen LogP contribution in [-0.4, -0.2) is 66.4 Å². The molecule has 0 bridgehead atoms. The van der Waals surface area contributed by atoms with Gasteiger partial charge in [-0.25, -0.2) is 21.1 Å². The molecule has 0 radical (unpaired) electrons. The lowest BCUT2D eigenvalue weighted by atomic mass is 10.1. The van der Waals surface area contributed by atoms with Crippen molar-refractivity contribution >= 4 is 43.2 Å². The zero-order valence-electron chi connectivity index (χ0n) is 21.3. The molecule has 10 nitrogen and oxygen atoms in total. The van der Waals surface area contributed by atoms with E-state index in [1.165, 1.54) is 38.4 Å².